The molecule has 1 amide bonds. The molecule has 0 radical (unpaired) electrons. The number of rotatable bonds is 4. The zero-order valence-electron chi connectivity index (χ0n) is 15.7. The van der Waals surface area contributed by atoms with Gasteiger partial charge in [-0.1, -0.05) is 18.2 Å². The molecule has 0 spiro atoms. The van der Waals surface area contributed by atoms with Gasteiger partial charge in [0, 0.05) is 25.7 Å². The van der Waals surface area contributed by atoms with Gasteiger partial charge in [0.25, 0.3) is 15.9 Å². The quantitative estimate of drug-likeness (QED) is 0.808. The highest BCUT2D eigenvalue weighted by atomic mass is 32.2. The second-order valence-electron chi connectivity index (χ2n) is 6.80. The largest absolute Gasteiger partial charge is 0.372 e. The molecule has 2 aromatic carbocycles. The highest BCUT2D eigenvalue weighted by molar-refractivity contribution is 7.92. The second kappa shape index (κ2) is 7.70. The van der Waals surface area contributed by atoms with Gasteiger partial charge in [-0.2, -0.15) is 0 Å². The molecule has 0 bridgehead atoms. The van der Waals surface area contributed by atoms with Crippen LogP contribution in [-0.4, -0.2) is 51.6 Å². The summed E-state index contributed by atoms with van der Waals surface area (Å²) >= 11 is 0. The third-order valence-electron chi connectivity index (χ3n) is 4.59. The van der Waals surface area contributed by atoms with Crippen LogP contribution in [0.15, 0.2) is 59.5 Å². The van der Waals surface area contributed by atoms with Crippen molar-refractivity contribution in [3.8, 4) is 0 Å². The normalized spacial score (nSPS) is 20.3. The molecule has 1 aliphatic heterocycles. The number of para-hydroxylation sites is 1. The first-order valence-corrected chi connectivity index (χ1v) is 10.3. The number of nitrogens with zero attached hydrogens (tertiary/aromatic N) is 2. The minimum absolute atomic E-state index is 0.0168. The van der Waals surface area contributed by atoms with E-state index in [1.54, 1.807) is 41.3 Å². The number of hydrogen-bond acceptors (Lipinski definition) is 4. The third-order valence-corrected chi connectivity index (χ3v) is 6.39. The zero-order valence-corrected chi connectivity index (χ0v) is 16.5. The highest BCUT2D eigenvalue weighted by Gasteiger charge is 2.27. The van der Waals surface area contributed by atoms with Crippen LogP contribution in [0.3, 0.4) is 0 Å². The van der Waals surface area contributed by atoms with Crippen LogP contribution in [0.25, 0.3) is 0 Å². The predicted molar refractivity (Wildman–Crippen MR) is 104 cm³/mol. The molecule has 1 aliphatic rings. The van der Waals surface area contributed by atoms with E-state index in [9.17, 15) is 13.2 Å². The highest BCUT2D eigenvalue weighted by Crippen LogP contribution is 2.22. The first-order chi connectivity index (χ1) is 12.8. The standard InChI is InChI=1S/C20H24N2O4S/c1-15-13-22(14-16(2)26-15)20(23)17-9-11-19(12-10-17)27(24,25)21(3)18-7-5-4-6-8-18/h4-12,15-16H,13-14H2,1-3H3. The molecule has 7 heteroatoms. The van der Waals surface area contributed by atoms with E-state index in [4.69, 9.17) is 4.74 Å². The first kappa shape index (κ1) is 19.4. The van der Waals surface area contributed by atoms with E-state index in [1.807, 2.05) is 19.9 Å². The van der Waals surface area contributed by atoms with Gasteiger partial charge in [-0.25, -0.2) is 8.42 Å². The van der Waals surface area contributed by atoms with Crippen LogP contribution in [0, 0.1) is 0 Å². The monoisotopic (exact) mass is 388 g/mol. The van der Waals surface area contributed by atoms with Gasteiger partial charge in [-0.05, 0) is 50.2 Å². The van der Waals surface area contributed by atoms with Crippen LogP contribution in [0.2, 0.25) is 0 Å². The van der Waals surface area contributed by atoms with Gasteiger partial charge in [-0.15, -0.1) is 0 Å². The number of ether oxygens (including phenoxy) is 1. The Balaban J connectivity index is 1.79. The van der Waals surface area contributed by atoms with E-state index in [-0.39, 0.29) is 23.0 Å². The summed E-state index contributed by atoms with van der Waals surface area (Å²) in [6, 6.07) is 15.0. The maximum absolute atomic E-state index is 12.8. The SMILES string of the molecule is CC1CN(C(=O)c2ccc(S(=O)(=O)N(C)c3ccccc3)cc2)CC(C)O1. The Hall–Kier alpha value is -2.38. The fourth-order valence-corrected chi connectivity index (χ4v) is 4.43. The number of hydrogen-bond donors (Lipinski definition) is 0. The maximum atomic E-state index is 12.8. The van der Waals surface area contributed by atoms with E-state index in [1.165, 1.54) is 23.5 Å². The fraction of sp³-hybridized carbons (Fsp3) is 0.350. The van der Waals surface area contributed by atoms with Gasteiger partial charge in [0.15, 0.2) is 0 Å². The summed E-state index contributed by atoms with van der Waals surface area (Å²) in [6.07, 6.45) is -0.0336. The Morgan fingerprint density at radius 1 is 1.00 bits per heavy atom. The molecule has 2 aromatic rings. The van der Waals surface area contributed by atoms with E-state index in [0.29, 0.717) is 24.3 Å². The molecule has 0 aliphatic carbocycles. The molecule has 0 aromatic heterocycles. The molecular weight excluding hydrogens is 364 g/mol. The van der Waals surface area contributed by atoms with E-state index < -0.39 is 10.0 Å². The predicted octanol–water partition coefficient (Wildman–Crippen LogP) is 2.76. The number of benzene rings is 2. The lowest BCUT2D eigenvalue weighted by Crippen LogP contribution is -2.48. The molecule has 1 saturated heterocycles. The molecule has 1 fully saturated rings. The number of morpholine rings is 1. The Morgan fingerprint density at radius 2 is 1.56 bits per heavy atom. The average Bonchev–Trinajstić information content (AvgIpc) is 2.67. The lowest BCUT2D eigenvalue weighted by atomic mass is 10.1. The van der Waals surface area contributed by atoms with Crippen molar-refractivity contribution >= 4 is 21.6 Å². The minimum atomic E-state index is -3.69. The molecule has 3 rings (SSSR count). The molecule has 0 saturated carbocycles. The molecule has 27 heavy (non-hydrogen) atoms. The fourth-order valence-electron chi connectivity index (χ4n) is 3.23. The van der Waals surface area contributed by atoms with Gasteiger partial charge in [-0.3, -0.25) is 9.10 Å². The van der Waals surface area contributed by atoms with Crippen molar-refractivity contribution < 1.29 is 17.9 Å². The van der Waals surface area contributed by atoms with E-state index >= 15 is 0 Å². The van der Waals surface area contributed by atoms with Gasteiger partial charge < -0.3 is 9.64 Å². The van der Waals surface area contributed by atoms with E-state index in [2.05, 4.69) is 0 Å². The average molecular weight is 388 g/mol. The maximum Gasteiger partial charge on any atom is 0.264 e. The summed E-state index contributed by atoms with van der Waals surface area (Å²) in [4.78, 5) is 14.6. The Labute approximate surface area is 160 Å². The Bertz CT molecular complexity index is 887. The van der Waals surface area contributed by atoms with Crippen LogP contribution in [0.5, 0.6) is 0 Å². The van der Waals surface area contributed by atoms with Crippen molar-refractivity contribution in [2.45, 2.75) is 31.0 Å². The van der Waals surface area contributed by atoms with Gasteiger partial charge >= 0.3 is 0 Å². The smallest absolute Gasteiger partial charge is 0.264 e. The Morgan fingerprint density at radius 3 is 2.11 bits per heavy atom. The van der Waals surface area contributed by atoms with Crippen molar-refractivity contribution in [1.29, 1.82) is 0 Å². The van der Waals surface area contributed by atoms with Crippen LogP contribution in [-0.2, 0) is 14.8 Å². The summed E-state index contributed by atoms with van der Waals surface area (Å²) < 4.78 is 32.5. The molecule has 1 heterocycles. The van der Waals surface area contributed by atoms with Gasteiger partial charge in [0.2, 0.25) is 0 Å². The lowest BCUT2D eigenvalue weighted by Gasteiger charge is -2.35. The summed E-state index contributed by atoms with van der Waals surface area (Å²) in [5.41, 5.74) is 1.05. The summed E-state index contributed by atoms with van der Waals surface area (Å²) in [5.74, 6) is -0.114. The molecule has 2 atom stereocenters. The molecule has 0 N–H and O–H groups in total. The van der Waals surface area contributed by atoms with Crippen molar-refractivity contribution in [1.82, 2.24) is 4.90 Å². The topological polar surface area (TPSA) is 66.9 Å². The van der Waals surface area contributed by atoms with Crippen LogP contribution < -0.4 is 4.31 Å². The first-order valence-electron chi connectivity index (χ1n) is 8.88. The van der Waals surface area contributed by atoms with Crippen molar-refractivity contribution in [3.05, 3.63) is 60.2 Å². The molecule has 2 unspecified atom stereocenters. The number of amides is 1. The van der Waals surface area contributed by atoms with Crippen LogP contribution in [0.1, 0.15) is 24.2 Å². The number of anilines is 1. The molecular formula is C20H24N2O4S. The summed E-state index contributed by atoms with van der Waals surface area (Å²) in [5, 5.41) is 0. The van der Waals surface area contributed by atoms with Crippen molar-refractivity contribution in [2.75, 3.05) is 24.4 Å². The van der Waals surface area contributed by atoms with Crippen molar-refractivity contribution in [2.24, 2.45) is 0 Å². The molecule has 144 valence electrons. The minimum Gasteiger partial charge on any atom is -0.372 e. The lowest BCUT2D eigenvalue weighted by molar-refractivity contribution is -0.0586. The number of carbonyl (C=O) groups excluding carboxylic acids is 1. The third kappa shape index (κ3) is 4.14. The number of carbonyl (C=O) groups is 1. The second-order valence-corrected chi connectivity index (χ2v) is 8.77. The summed E-state index contributed by atoms with van der Waals surface area (Å²) in [7, 11) is -2.17. The van der Waals surface area contributed by atoms with E-state index in [0.717, 1.165) is 0 Å². The zero-order chi connectivity index (χ0) is 19.6. The summed E-state index contributed by atoms with van der Waals surface area (Å²) in [6.45, 7) is 4.93. The molecule has 6 nitrogen and oxygen atoms in total. The van der Waals surface area contributed by atoms with Gasteiger partial charge in [0.1, 0.15) is 0 Å². The van der Waals surface area contributed by atoms with Crippen LogP contribution in [0.4, 0.5) is 5.69 Å². The van der Waals surface area contributed by atoms with Crippen molar-refractivity contribution in [3.63, 3.8) is 0 Å². The van der Waals surface area contributed by atoms with Crippen LogP contribution >= 0.6 is 0 Å². The van der Waals surface area contributed by atoms with Gasteiger partial charge in [0.05, 0.1) is 22.8 Å². The number of sulfonamides is 1. The Kier molecular flexibility index (Phi) is 5.53.